The average molecular weight is 296 g/mol. The van der Waals surface area contributed by atoms with Gasteiger partial charge in [-0.15, -0.1) is 0 Å². The van der Waals surface area contributed by atoms with Crippen LogP contribution in [0, 0.1) is 0 Å². The molecule has 0 aliphatic carbocycles. The predicted octanol–water partition coefficient (Wildman–Crippen LogP) is 2.64. The molecular weight excluding hydrogens is 280 g/mol. The summed E-state index contributed by atoms with van der Waals surface area (Å²) in [5, 5.41) is 0. The first-order chi connectivity index (χ1) is 9.69. The first kappa shape index (κ1) is 14.5. The molecule has 1 saturated heterocycles. The third-order valence-corrected chi connectivity index (χ3v) is 3.57. The Balaban J connectivity index is 1.91. The lowest BCUT2D eigenvalue weighted by molar-refractivity contribution is 0.162. The molecule has 0 saturated carbocycles. The quantitative estimate of drug-likeness (QED) is 0.868. The van der Waals surface area contributed by atoms with Gasteiger partial charge in [0.15, 0.2) is 0 Å². The lowest BCUT2D eigenvalue weighted by atomic mass is 10.3. The molecule has 1 N–H and O–H groups in total. The number of amides is 2. The second-order valence-corrected chi connectivity index (χ2v) is 5.11. The molecule has 1 aliphatic rings. The van der Waals surface area contributed by atoms with E-state index in [0.29, 0.717) is 5.75 Å². The number of carbonyl (C=O) groups is 2. The summed E-state index contributed by atoms with van der Waals surface area (Å²) in [6.45, 7) is 1.49. The van der Waals surface area contributed by atoms with Crippen LogP contribution in [0.15, 0.2) is 29.2 Å². The van der Waals surface area contributed by atoms with Gasteiger partial charge in [-0.3, -0.25) is 4.72 Å². The number of nitrogens with one attached hydrogen (secondary N) is 1. The minimum absolute atomic E-state index is 0.328. The summed E-state index contributed by atoms with van der Waals surface area (Å²) in [5.74, 6) is 0.457. The minimum Gasteiger partial charge on any atom is -0.452 e. The minimum atomic E-state index is -0.533. The van der Waals surface area contributed by atoms with Gasteiger partial charge in [0.05, 0.1) is 7.11 Å². The maximum absolute atomic E-state index is 11.8. The van der Waals surface area contributed by atoms with E-state index in [0.717, 1.165) is 42.8 Å². The molecule has 0 aromatic heterocycles. The number of hydrogen-bond acceptors (Lipinski definition) is 5. The Bertz CT molecular complexity index is 489. The van der Waals surface area contributed by atoms with Crippen molar-refractivity contribution < 1.29 is 19.1 Å². The maximum Gasteiger partial charge on any atom is 0.417 e. The topological polar surface area (TPSA) is 67.9 Å². The highest BCUT2D eigenvalue weighted by Crippen LogP contribution is 2.22. The molecular formula is C13H16N2O4S. The molecule has 7 heteroatoms. The molecule has 2 amide bonds. The van der Waals surface area contributed by atoms with E-state index >= 15 is 0 Å². The van der Waals surface area contributed by atoms with Crippen molar-refractivity contribution in [1.82, 2.24) is 9.62 Å². The highest BCUT2D eigenvalue weighted by molar-refractivity contribution is 7.98. The third kappa shape index (κ3) is 4.06. The fraction of sp³-hybridized carbons (Fsp3) is 0.385. The van der Waals surface area contributed by atoms with E-state index in [1.165, 1.54) is 7.11 Å². The normalized spacial score (nSPS) is 13.9. The monoisotopic (exact) mass is 296 g/mol. The molecule has 1 heterocycles. The van der Waals surface area contributed by atoms with Crippen LogP contribution in [0.1, 0.15) is 12.8 Å². The van der Waals surface area contributed by atoms with Gasteiger partial charge in [-0.1, -0.05) is 6.07 Å². The predicted molar refractivity (Wildman–Crippen MR) is 74.7 cm³/mol. The number of likely N-dealkylation sites (tertiary alicyclic amines) is 1. The van der Waals surface area contributed by atoms with E-state index in [2.05, 4.69) is 9.46 Å². The zero-order valence-corrected chi connectivity index (χ0v) is 11.9. The molecule has 0 spiro atoms. The van der Waals surface area contributed by atoms with Gasteiger partial charge in [0.1, 0.15) is 5.75 Å². The van der Waals surface area contributed by atoms with Crippen LogP contribution in [-0.4, -0.2) is 37.3 Å². The van der Waals surface area contributed by atoms with Gasteiger partial charge in [-0.05, 0) is 43.0 Å². The standard InChI is InChI=1S/C13H16N2O4S/c1-18-12(16)14-20-11-6-4-5-10(9-11)19-13(17)15-7-2-3-8-15/h4-6,9H,2-3,7-8H2,1H3,(H,14,16). The highest BCUT2D eigenvalue weighted by Gasteiger charge is 2.19. The van der Waals surface area contributed by atoms with E-state index in [1.54, 1.807) is 29.2 Å². The lowest BCUT2D eigenvalue weighted by Gasteiger charge is -2.15. The summed E-state index contributed by atoms with van der Waals surface area (Å²) in [4.78, 5) is 25.3. The van der Waals surface area contributed by atoms with Crippen LogP contribution in [-0.2, 0) is 4.74 Å². The van der Waals surface area contributed by atoms with Crippen molar-refractivity contribution in [3.05, 3.63) is 24.3 Å². The van der Waals surface area contributed by atoms with Crippen molar-refractivity contribution in [2.24, 2.45) is 0 Å². The molecule has 0 bridgehead atoms. The van der Waals surface area contributed by atoms with Crippen LogP contribution in [0.25, 0.3) is 0 Å². The fourth-order valence-corrected chi connectivity index (χ4v) is 2.41. The van der Waals surface area contributed by atoms with Gasteiger partial charge in [0.25, 0.3) is 0 Å². The van der Waals surface area contributed by atoms with Gasteiger partial charge in [0, 0.05) is 18.0 Å². The lowest BCUT2D eigenvalue weighted by Crippen LogP contribution is -2.30. The van der Waals surface area contributed by atoms with E-state index in [-0.39, 0.29) is 6.09 Å². The molecule has 1 aromatic rings. The summed E-state index contributed by atoms with van der Waals surface area (Å²) in [5.41, 5.74) is 0. The van der Waals surface area contributed by atoms with E-state index < -0.39 is 6.09 Å². The molecule has 0 unspecified atom stereocenters. The van der Waals surface area contributed by atoms with Gasteiger partial charge >= 0.3 is 12.2 Å². The Morgan fingerprint density at radius 3 is 2.75 bits per heavy atom. The Hall–Kier alpha value is -1.89. The average Bonchev–Trinajstić information content (AvgIpc) is 2.99. The summed E-state index contributed by atoms with van der Waals surface area (Å²) in [6, 6.07) is 6.95. The molecule has 108 valence electrons. The summed E-state index contributed by atoms with van der Waals surface area (Å²) >= 11 is 1.10. The van der Waals surface area contributed by atoms with Crippen molar-refractivity contribution in [2.45, 2.75) is 17.7 Å². The maximum atomic E-state index is 11.8. The largest absolute Gasteiger partial charge is 0.452 e. The fourth-order valence-electron chi connectivity index (χ4n) is 1.81. The van der Waals surface area contributed by atoms with Crippen molar-refractivity contribution in [3.8, 4) is 5.75 Å². The van der Waals surface area contributed by atoms with Crippen LogP contribution in [0.3, 0.4) is 0 Å². The Morgan fingerprint density at radius 1 is 1.30 bits per heavy atom. The van der Waals surface area contributed by atoms with E-state index in [1.807, 2.05) is 0 Å². The molecule has 0 radical (unpaired) electrons. The van der Waals surface area contributed by atoms with Crippen LogP contribution in [0.4, 0.5) is 9.59 Å². The third-order valence-electron chi connectivity index (χ3n) is 2.81. The Morgan fingerprint density at radius 2 is 2.05 bits per heavy atom. The number of nitrogens with zero attached hydrogens (tertiary/aromatic N) is 1. The SMILES string of the molecule is COC(=O)NSc1cccc(OC(=O)N2CCCC2)c1. The number of hydrogen-bond donors (Lipinski definition) is 1. The molecule has 1 aromatic carbocycles. The molecule has 1 aliphatic heterocycles. The van der Waals surface area contributed by atoms with Crippen LogP contribution in [0.5, 0.6) is 5.75 Å². The van der Waals surface area contributed by atoms with Crippen molar-refractivity contribution >= 4 is 24.1 Å². The van der Waals surface area contributed by atoms with Crippen molar-refractivity contribution in [1.29, 1.82) is 0 Å². The van der Waals surface area contributed by atoms with Crippen molar-refractivity contribution in [2.75, 3.05) is 20.2 Å². The molecule has 1 fully saturated rings. The molecule has 20 heavy (non-hydrogen) atoms. The highest BCUT2D eigenvalue weighted by atomic mass is 32.2. The Labute approximate surface area is 121 Å². The molecule has 2 rings (SSSR count). The number of ether oxygens (including phenoxy) is 2. The molecule has 0 atom stereocenters. The summed E-state index contributed by atoms with van der Waals surface area (Å²) in [7, 11) is 1.30. The van der Waals surface area contributed by atoms with Crippen molar-refractivity contribution in [3.63, 3.8) is 0 Å². The van der Waals surface area contributed by atoms with Gasteiger partial charge in [0.2, 0.25) is 0 Å². The number of rotatable bonds is 3. The first-order valence-electron chi connectivity index (χ1n) is 6.26. The zero-order chi connectivity index (χ0) is 14.4. The zero-order valence-electron chi connectivity index (χ0n) is 11.1. The smallest absolute Gasteiger partial charge is 0.417 e. The van der Waals surface area contributed by atoms with Crippen LogP contribution >= 0.6 is 11.9 Å². The number of carbonyl (C=O) groups excluding carboxylic acids is 2. The van der Waals surface area contributed by atoms with Crippen LogP contribution in [0.2, 0.25) is 0 Å². The van der Waals surface area contributed by atoms with Gasteiger partial charge < -0.3 is 14.4 Å². The van der Waals surface area contributed by atoms with Gasteiger partial charge in [-0.2, -0.15) is 0 Å². The van der Waals surface area contributed by atoms with Crippen LogP contribution < -0.4 is 9.46 Å². The Kier molecular flexibility index (Phi) is 5.11. The first-order valence-corrected chi connectivity index (χ1v) is 7.08. The van der Waals surface area contributed by atoms with Gasteiger partial charge in [-0.25, -0.2) is 9.59 Å². The number of methoxy groups -OCH3 is 1. The van der Waals surface area contributed by atoms with E-state index in [4.69, 9.17) is 4.74 Å². The number of benzene rings is 1. The van der Waals surface area contributed by atoms with E-state index in [9.17, 15) is 9.59 Å². The summed E-state index contributed by atoms with van der Waals surface area (Å²) in [6.07, 6.45) is 1.18. The second kappa shape index (κ2) is 7.04. The second-order valence-electron chi connectivity index (χ2n) is 4.23. The molecule has 6 nitrogen and oxygen atoms in total. The summed E-state index contributed by atoms with van der Waals surface area (Å²) < 4.78 is 12.3.